The van der Waals surface area contributed by atoms with Crippen LogP contribution in [-0.4, -0.2) is 49.1 Å². The number of rotatable bonds is 6. The number of nitrogens with one attached hydrogen (secondary N) is 1. The van der Waals surface area contributed by atoms with Crippen LogP contribution in [0.1, 0.15) is 26.3 Å². The van der Waals surface area contributed by atoms with Gasteiger partial charge in [0.25, 0.3) is 5.91 Å². The fourth-order valence-electron chi connectivity index (χ4n) is 3.01. The highest BCUT2D eigenvalue weighted by atomic mass is 16.5. The average molecular weight is 353 g/mol. The third kappa shape index (κ3) is 4.91. The minimum Gasteiger partial charge on any atom is -0.374 e. The number of nitrogens with zero attached hydrogens (tertiary/aromatic N) is 1. The molecule has 2 aromatic rings. The fourth-order valence-corrected chi connectivity index (χ4v) is 3.01. The lowest BCUT2D eigenvalue weighted by Crippen LogP contribution is -2.47. The van der Waals surface area contributed by atoms with Crippen molar-refractivity contribution < 1.29 is 14.3 Å². The number of hydrogen-bond acceptors (Lipinski definition) is 4. The van der Waals surface area contributed by atoms with Crippen LogP contribution in [0.25, 0.3) is 0 Å². The van der Waals surface area contributed by atoms with Gasteiger partial charge in [-0.05, 0) is 23.8 Å². The molecule has 0 saturated carbocycles. The Labute approximate surface area is 152 Å². The highest BCUT2D eigenvalue weighted by molar-refractivity contribution is 5.99. The molecule has 0 aliphatic carbocycles. The molecule has 1 heterocycles. The zero-order chi connectivity index (χ0) is 18.4. The fraction of sp³-hybridized carbons (Fsp3) is 0.300. The van der Waals surface area contributed by atoms with Gasteiger partial charge in [0.15, 0.2) is 0 Å². The molecule has 3 N–H and O–H groups in total. The van der Waals surface area contributed by atoms with Gasteiger partial charge in [-0.1, -0.05) is 36.4 Å². The van der Waals surface area contributed by atoms with Crippen LogP contribution in [0.15, 0.2) is 54.6 Å². The second-order valence-electron chi connectivity index (χ2n) is 6.37. The summed E-state index contributed by atoms with van der Waals surface area (Å²) in [5.41, 5.74) is 7.26. The predicted octanol–water partition coefficient (Wildman–Crippen LogP) is 1.42. The first kappa shape index (κ1) is 18.1. The van der Waals surface area contributed by atoms with Crippen molar-refractivity contribution in [3.63, 3.8) is 0 Å². The number of ether oxygens (including phenoxy) is 1. The Hall–Kier alpha value is -2.70. The summed E-state index contributed by atoms with van der Waals surface area (Å²) in [6, 6.07) is 16.7. The normalized spacial score (nSPS) is 17.6. The number of primary amides is 1. The number of morpholine rings is 1. The van der Waals surface area contributed by atoms with E-state index in [0.717, 1.165) is 19.6 Å². The van der Waals surface area contributed by atoms with Gasteiger partial charge in [0, 0.05) is 37.3 Å². The van der Waals surface area contributed by atoms with Crippen LogP contribution in [0.3, 0.4) is 0 Å². The molecule has 2 amide bonds. The Kier molecular flexibility index (Phi) is 5.99. The topological polar surface area (TPSA) is 84.7 Å². The van der Waals surface area contributed by atoms with Crippen LogP contribution >= 0.6 is 0 Å². The molecule has 1 fully saturated rings. The van der Waals surface area contributed by atoms with Crippen molar-refractivity contribution in [2.75, 3.05) is 26.2 Å². The first-order chi connectivity index (χ1) is 12.6. The molecule has 26 heavy (non-hydrogen) atoms. The second-order valence-corrected chi connectivity index (χ2v) is 6.37. The quantitative estimate of drug-likeness (QED) is 0.822. The zero-order valence-electron chi connectivity index (χ0n) is 14.6. The van der Waals surface area contributed by atoms with Crippen LogP contribution in [0.4, 0.5) is 0 Å². The Morgan fingerprint density at radius 1 is 1.12 bits per heavy atom. The van der Waals surface area contributed by atoms with Gasteiger partial charge in [-0.25, -0.2) is 0 Å². The minimum atomic E-state index is -0.549. The summed E-state index contributed by atoms with van der Waals surface area (Å²) >= 11 is 0. The van der Waals surface area contributed by atoms with Gasteiger partial charge in [0.2, 0.25) is 5.91 Å². The summed E-state index contributed by atoms with van der Waals surface area (Å²) in [6.45, 7) is 3.57. The lowest BCUT2D eigenvalue weighted by atomic mass is 10.1. The molecule has 0 spiro atoms. The number of amides is 2. The zero-order valence-corrected chi connectivity index (χ0v) is 14.6. The van der Waals surface area contributed by atoms with Gasteiger partial charge < -0.3 is 15.8 Å². The molecule has 0 bridgehead atoms. The molecule has 0 radical (unpaired) electrons. The molecule has 136 valence electrons. The van der Waals surface area contributed by atoms with Gasteiger partial charge in [0.05, 0.1) is 12.7 Å². The summed E-state index contributed by atoms with van der Waals surface area (Å²) in [5.74, 6) is -0.788. The maximum absolute atomic E-state index is 12.3. The van der Waals surface area contributed by atoms with Gasteiger partial charge in [-0.2, -0.15) is 0 Å². The largest absolute Gasteiger partial charge is 0.374 e. The standard InChI is InChI=1S/C20H23N3O3/c21-19(24)16-7-4-8-17(11-16)20(25)22-12-18-14-23(9-10-26-18)13-15-5-2-1-3-6-15/h1-8,11,18H,9-10,12-14H2,(H2,21,24)(H,22,25). The van der Waals surface area contributed by atoms with Crippen LogP contribution in [0, 0.1) is 0 Å². The van der Waals surface area contributed by atoms with E-state index in [-0.39, 0.29) is 12.0 Å². The Balaban J connectivity index is 1.51. The van der Waals surface area contributed by atoms with E-state index in [2.05, 4.69) is 22.3 Å². The molecule has 1 atom stereocenters. The highest BCUT2D eigenvalue weighted by Crippen LogP contribution is 2.10. The second kappa shape index (κ2) is 8.60. The van der Waals surface area contributed by atoms with Crippen molar-refractivity contribution >= 4 is 11.8 Å². The summed E-state index contributed by atoms with van der Waals surface area (Å²) in [7, 11) is 0. The van der Waals surface area contributed by atoms with Crippen molar-refractivity contribution in [2.24, 2.45) is 5.73 Å². The maximum atomic E-state index is 12.3. The maximum Gasteiger partial charge on any atom is 0.251 e. The van der Waals surface area contributed by atoms with Gasteiger partial charge in [-0.15, -0.1) is 0 Å². The molecule has 2 aromatic carbocycles. The molecule has 0 aromatic heterocycles. The van der Waals surface area contributed by atoms with E-state index >= 15 is 0 Å². The molecule has 3 rings (SSSR count). The number of nitrogens with two attached hydrogens (primary N) is 1. The van der Waals surface area contributed by atoms with Crippen LogP contribution < -0.4 is 11.1 Å². The number of benzene rings is 2. The van der Waals surface area contributed by atoms with E-state index in [0.29, 0.717) is 24.3 Å². The summed E-state index contributed by atoms with van der Waals surface area (Å²) in [4.78, 5) is 25.9. The van der Waals surface area contributed by atoms with Crippen molar-refractivity contribution in [1.29, 1.82) is 0 Å². The third-order valence-electron chi connectivity index (χ3n) is 4.37. The first-order valence-corrected chi connectivity index (χ1v) is 8.68. The van der Waals surface area contributed by atoms with E-state index in [1.807, 2.05) is 18.2 Å². The van der Waals surface area contributed by atoms with Crippen molar-refractivity contribution in [2.45, 2.75) is 12.6 Å². The van der Waals surface area contributed by atoms with Crippen LogP contribution in [0.2, 0.25) is 0 Å². The SMILES string of the molecule is NC(=O)c1cccc(C(=O)NCC2CN(Cc3ccccc3)CCO2)c1. The van der Waals surface area contributed by atoms with E-state index < -0.39 is 5.91 Å². The van der Waals surface area contributed by atoms with Crippen molar-refractivity contribution in [3.8, 4) is 0 Å². The Bertz CT molecular complexity index is 764. The van der Waals surface area contributed by atoms with E-state index in [1.165, 1.54) is 11.6 Å². The Morgan fingerprint density at radius 3 is 2.65 bits per heavy atom. The van der Waals surface area contributed by atoms with E-state index in [1.54, 1.807) is 18.2 Å². The van der Waals surface area contributed by atoms with E-state index in [4.69, 9.17) is 10.5 Å². The van der Waals surface area contributed by atoms with Crippen molar-refractivity contribution in [3.05, 3.63) is 71.3 Å². The van der Waals surface area contributed by atoms with E-state index in [9.17, 15) is 9.59 Å². The average Bonchev–Trinajstić information content (AvgIpc) is 2.67. The molecule has 1 saturated heterocycles. The molecule has 1 aliphatic rings. The smallest absolute Gasteiger partial charge is 0.251 e. The number of carbonyl (C=O) groups excluding carboxylic acids is 2. The lowest BCUT2D eigenvalue weighted by Gasteiger charge is -2.33. The number of carbonyl (C=O) groups is 2. The lowest BCUT2D eigenvalue weighted by molar-refractivity contribution is -0.0292. The highest BCUT2D eigenvalue weighted by Gasteiger charge is 2.21. The molecule has 6 heteroatoms. The summed E-state index contributed by atoms with van der Waals surface area (Å²) in [5, 5.41) is 2.88. The summed E-state index contributed by atoms with van der Waals surface area (Å²) < 4.78 is 5.76. The monoisotopic (exact) mass is 353 g/mol. The van der Waals surface area contributed by atoms with Gasteiger partial charge in [-0.3, -0.25) is 14.5 Å². The minimum absolute atomic E-state index is 0.0595. The number of hydrogen-bond donors (Lipinski definition) is 2. The predicted molar refractivity (Wildman–Crippen MR) is 98.8 cm³/mol. The molecule has 1 aliphatic heterocycles. The van der Waals surface area contributed by atoms with Crippen LogP contribution in [0.5, 0.6) is 0 Å². The van der Waals surface area contributed by atoms with Gasteiger partial charge in [0.1, 0.15) is 0 Å². The van der Waals surface area contributed by atoms with Crippen LogP contribution in [-0.2, 0) is 11.3 Å². The first-order valence-electron chi connectivity index (χ1n) is 8.68. The molecule has 1 unspecified atom stereocenters. The Morgan fingerprint density at radius 2 is 1.88 bits per heavy atom. The summed E-state index contributed by atoms with van der Waals surface area (Å²) in [6.07, 6.45) is -0.0595. The third-order valence-corrected chi connectivity index (χ3v) is 4.37. The molecular weight excluding hydrogens is 330 g/mol. The molecule has 6 nitrogen and oxygen atoms in total. The van der Waals surface area contributed by atoms with Gasteiger partial charge >= 0.3 is 0 Å². The molecular formula is C20H23N3O3. The van der Waals surface area contributed by atoms with Crippen molar-refractivity contribution in [1.82, 2.24) is 10.2 Å².